The fourth-order valence-corrected chi connectivity index (χ4v) is 1.48. The predicted molar refractivity (Wildman–Crippen MR) is 45.6 cm³/mol. The molecule has 0 aliphatic rings. The number of aryl methyl sites for hydroxylation is 1. The quantitative estimate of drug-likeness (QED) is 0.640. The van der Waals surface area contributed by atoms with Gasteiger partial charge in [-0.3, -0.25) is 0 Å². The number of aromatic nitrogens is 1. The lowest BCUT2D eigenvalue weighted by atomic mass is 10.1. The summed E-state index contributed by atoms with van der Waals surface area (Å²) in [4.78, 5) is 1.32. The molecular weight excluding hydrogens is 142 g/mol. The van der Waals surface area contributed by atoms with Gasteiger partial charge in [-0.2, -0.15) is 4.37 Å². The van der Waals surface area contributed by atoms with E-state index >= 15 is 0 Å². The molecule has 1 atom stereocenters. The maximum Gasteiger partial charge on any atom is 0.0572 e. The van der Waals surface area contributed by atoms with E-state index in [9.17, 15) is 0 Å². The maximum absolute atomic E-state index is 4.33. The number of hydrogen-bond acceptors (Lipinski definition) is 2. The van der Waals surface area contributed by atoms with E-state index in [-0.39, 0.29) is 0 Å². The highest BCUT2D eigenvalue weighted by Gasteiger charge is 2.05. The molecule has 0 fully saturated rings. The molecule has 1 heterocycles. The molecule has 0 spiro atoms. The van der Waals surface area contributed by atoms with Crippen LogP contribution in [0.3, 0.4) is 0 Å². The van der Waals surface area contributed by atoms with Crippen LogP contribution in [-0.4, -0.2) is 4.37 Å². The van der Waals surface area contributed by atoms with Crippen LogP contribution in [0, 0.1) is 6.92 Å². The van der Waals surface area contributed by atoms with Crippen molar-refractivity contribution in [3.8, 4) is 0 Å². The lowest BCUT2D eigenvalue weighted by molar-refractivity contribution is 0.717. The molecule has 0 N–H and O–H groups in total. The highest BCUT2D eigenvalue weighted by atomic mass is 32.1. The molecule has 1 rings (SSSR count). The zero-order valence-electron chi connectivity index (χ0n) is 6.72. The van der Waals surface area contributed by atoms with Crippen LogP contribution in [0.1, 0.15) is 36.8 Å². The Balaban J connectivity index is 2.74. The third-order valence-electron chi connectivity index (χ3n) is 1.76. The third kappa shape index (κ3) is 1.57. The molecule has 1 unspecified atom stereocenters. The Morgan fingerprint density at radius 2 is 2.40 bits per heavy atom. The maximum atomic E-state index is 4.33. The van der Waals surface area contributed by atoms with Gasteiger partial charge in [0, 0.05) is 4.88 Å². The summed E-state index contributed by atoms with van der Waals surface area (Å²) in [6.07, 6.45) is 1.18. The molecule has 0 radical (unpaired) electrons. The van der Waals surface area contributed by atoms with Crippen molar-refractivity contribution in [3.05, 3.63) is 16.6 Å². The SMILES string of the molecule is CCC(C)c1cc(C)sn1. The van der Waals surface area contributed by atoms with Crippen LogP contribution in [-0.2, 0) is 0 Å². The molecule has 0 amide bonds. The van der Waals surface area contributed by atoms with Gasteiger partial charge in [0.25, 0.3) is 0 Å². The summed E-state index contributed by atoms with van der Waals surface area (Å²) in [6, 6.07) is 2.18. The van der Waals surface area contributed by atoms with Gasteiger partial charge in [-0.05, 0) is 36.9 Å². The monoisotopic (exact) mass is 155 g/mol. The van der Waals surface area contributed by atoms with E-state index in [0.29, 0.717) is 5.92 Å². The largest absolute Gasteiger partial charge is 0.197 e. The molecule has 2 heteroatoms. The van der Waals surface area contributed by atoms with Crippen LogP contribution in [0.25, 0.3) is 0 Å². The minimum Gasteiger partial charge on any atom is -0.197 e. The fourth-order valence-electron chi connectivity index (χ4n) is 0.827. The second kappa shape index (κ2) is 3.15. The van der Waals surface area contributed by atoms with Crippen LogP contribution in [0.2, 0.25) is 0 Å². The van der Waals surface area contributed by atoms with Crippen molar-refractivity contribution in [1.82, 2.24) is 4.37 Å². The van der Waals surface area contributed by atoms with E-state index in [4.69, 9.17) is 0 Å². The van der Waals surface area contributed by atoms with Crippen LogP contribution >= 0.6 is 11.5 Å². The van der Waals surface area contributed by atoms with Crippen LogP contribution in [0.5, 0.6) is 0 Å². The van der Waals surface area contributed by atoms with Crippen molar-refractivity contribution in [2.45, 2.75) is 33.1 Å². The smallest absolute Gasteiger partial charge is 0.0572 e. The van der Waals surface area contributed by atoms with E-state index in [0.717, 1.165) is 0 Å². The fraction of sp³-hybridized carbons (Fsp3) is 0.625. The van der Waals surface area contributed by atoms with Crippen molar-refractivity contribution in [3.63, 3.8) is 0 Å². The summed E-state index contributed by atoms with van der Waals surface area (Å²) in [5, 5.41) is 0. The van der Waals surface area contributed by atoms with Crippen molar-refractivity contribution in [1.29, 1.82) is 0 Å². The minimum atomic E-state index is 0.630. The molecule has 10 heavy (non-hydrogen) atoms. The van der Waals surface area contributed by atoms with Gasteiger partial charge in [-0.15, -0.1) is 0 Å². The van der Waals surface area contributed by atoms with Crippen molar-refractivity contribution >= 4 is 11.5 Å². The Bertz CT molecular complexity index is 205. The Labute approximate surface area is 66.3 Å². The summed E-state index contributed by atoms with van der Waals surface area (Å²) in [7, 11) is 0. The second-order valence-electron chi connectivity index (χ2n) is 2.67. The first-order chi connectivity index (χ1) is 4.74. The average Bonchev–Trinajstić information content (AvgIpc) is 2.34. The first kappa shape index (κ1) is 7.73. The lowest BCUT2D eigenvalue weighted by Gasteiger charge is -2.01. The molecule has 0 saturated heterocycles. The molecule has 56 valence electrons. The van der Waals surface area contributed by atoms with Crippen LogP contribution in [0.4, 0.5) is 0 Å². The minimum absolute atomic E-state index is 0.630. The van der Waals surface area contributed by atoms with Crippen molar-refractivity contribution < 1.29 is 0 Å². The predicted octanol–water partition coefficient (Wildman–Crippen LogP) is 2.97. The molecule has 1 nitrogen and oxygen atoms in total. The Kier molecular flexibility index (Phi) is 2.44. The molecule has 1 aromatic heterocycles. The van der Waals surface area contributed by atoms with Gasteiger partial charge in [0.1, 0.15) is 0 Å². The van der Waals surface area contributed by atoms with E-state index in [1.165, 1.54) is 17.0 Å². The average molecular weight is 155 g/mol. The van der Waals surface area contributed by atoms with Crippen molar-refractivity contribution in [2.75, 3.05) is 0 Å². The second-order valence-corrected chi connectivity index (χ2v) is 3.68. The van der Waals surface area contributed by atoms with Gasteiger partial charge in [-0.1, -0.05) is 13.8 Å². The van der Waals surface area contributed by atoms with Gasteiger partial charge in [-0.25, -0.2) is 0 Å². The standard InChI is InChI=1S/C8H13NS/c1-4-6(2)8-5-7(3)10-9-8/h5-6H,4H2,1-3H3. The van der Waals surface area contributed by atoms with Gasteiger partial charge < -0.3 is 0 Å². The summed E-state index contributed by atoms with van der Waals surface area (Å²) in [5.41, 5.74) is 1.25. The summed E-state index contributed by atoms with van der Waals surface area (Å²) in [5.74, 6) is 0.630. The van der Waals surface area contributed by atoms with Crippen LogP contribution in [0.15, 0.2) is 6.07 Å². The van der Waals surface area contributed by atoms with Gasteiger partial charge >= 0.3 is 0 Å². The molecule has 1 aromatic rings. The molecule has 0 aliphatic heterocycles. The normalized spacial score (nSPS) is 13.5. The lowest BCUT2D eigenvalue weighted by Crippen LogP contribution is -1.89. The molecule has 0 aliphatic carbocycles. The van der Waals surface area contributed by atoms with Gasteiger partial charge in [0.05, 0.1) is 5.69 Å². The summed E-state index contributed by atoms with van der Waals surface area (Å²) < 4.78 is 4.33. The summed E-state index contributed by atoms with van der Waals surface area (Å²) >= 11 is 1.60. The molecule has 0 aromatic carbocycles. The van der Waals surface area contributed by atoms with E-state index in [1.807, 2.05) is 0 Å². The number of rotatable bonds is 2. The van der Waals surface area contributed by atoms with E-state index < -0.39 is 0 Å². The Morgan fingerprint density at radius 3 is 2.80 bits per heavy atom. The topological polar surface area (TPSA) is 12.9 Å². The first-order valence-electron chi connectivity index (χ1n) is 3.67. The highest BCUT2D eigenvalue weighted by Crippen LogP contribution is 2.19. The Morgan fingerprint density at radius 1 is 1.70 bits per heavy atom. The molecule has 0 saturated carbocycles. The van der Waals surface area contributed by atoms with E-state index in [2.05, 4.69) is 31.2 Å². The van der Waals surface area contributed by atoms with Crippen molar-refractivity contribution in [2.24, 2.45) is 0 Å². The first-order valence-corrected chi connectivity index (χ1v) is 4.44. The Hall–Kier alpha value is -0.370. The molecular formula is C8H13NS. The number of nitrogens with zero attached hydrogens (tertiary/aromatic N) is 1. The van der Waals surface area contributed by atoms with Gasteiger partial charge in [0.2, 0.25) is 0 Å². The highest BCUT2D eigenvalue weighted by molar-refractivity contribution is 7.05. The summed E-state index contributed by atoms with van der Waals surface area (Å²) in [6.45, 7) is 6.51. The zero-order chi connectivity index (χ0) is 7.56. The number of hydrogen-bond donors (Lipinski definition) is 0. The zero-order valence-corrected chi connectivity index (χ0v) is 7.53. The van der Waals surface area contributed by atoms with Gasteiger partial charge in [0.15, 0.2) is 0 Å². The van der Waals surface area contributed by atoms with E-state index in [1.54, 1.807) is 11.5 Å². The third-order valence-corrected chi connectivity index (χ3v) is 2.47. The van der Waals surface area contributed by atoms with Crippen LogP contribution < -0.4 is 0 Å². The molecule has 0 bridgehead atoms.